The smallest absolute Gasteiger partial charge is 0.243 e. The number of imidazole rings is 1. The van der Waals surface area contributed by atoms with E-state index in [9.17, 15) is 13.6 Å². The second-order valence-corrected chi connectivity index (χ2v) is 11.5. The topological polar surface area (TPSA) is 56.2 Å². The van der Waals surface area contributed by atoms with Crippen LogP contribution in [-0.4, -0.2) is 40.1 Å². The van der Waals surface area contributed by atoms with Gasteiger partial charge in [-0.1, -0.05) is 49.6 Å². The van der Waals surface area contributed by atoms with E-state index in [1.807, 2.05) is 46.7 Å². The summed E-state index contributed by atoms with van der Waals surface area (Å²) in [6.07, 6.45) is 7.47. The summed E-state index contributed by atoms with van der Waals surface area (Å²) in [7, 11) is 1.60. The lowest BCUT2D eigenvalue weighted by atomic mass is 9.92. The van der Waals surface area contributed by atoms with Crippen LogP contribution in [0, 0.1) is 17.6 Å². The fourth-order valence-corrected chi connectivity index (χ4v) is 7.02. The van der Waals surface area contributed by atoms with Gasteiger partial charge >= 0.3 is 0 Å². The van der Waals surface area contributed by atoms with Crippen molar-refractivity contribution in [2.75, 3.05) is 18.6 Å². The van der Waals surface area contributed by atoms with E-state index < -0.39 is 23.8 Å². The quantitative estimate of drug-likeness (QED) is 0.360. The Morgan fingerprint density at radius 1 is 1.08 bits per heavy atom. The summed E-state index contributed by atoms with van der Waals surface area (Å²) in [5.74, 6) is 1.03. The first kappa shape index (κ1) is 26.2. The number of hydrogen-bond donors (Lipinski definition) is 1. The number of hydrogen-bond acceptors (Lipinski definition) is 4. The third-order valence-corrected chi connectivity index (χ3v) is 8.84. The largest absolute Gasteiger partial charge is 0.369 e. The van der Waals surface area contributed by atoms with Crippen LogP contribution >= 0.6 is 11.8 Å². The van der Waals surface area contributed by atoms with E-state index in [4.69, 9.17) is 9.72 Å². The number of halogens is 2. The van der Waals surface area contributed by atoms with Gasteiger partial charge in [0.25, 0.3) is 0 Å². The van der Waals surface area contributed by atoms with Crippen LogP contribution in [0.1, 0.15) is 74.9 Å². The van der Waals surface area contributed by atoms with Gasteiger partial charge in [-0.25, -0.2) is 13.8 Å². The number of aromatic nitrogens is 2. The Morgan fingerprint density at radius 2 is 1.78 bits per heavy atom. The molecule has 2 aliphatic rings. The summed E-state index contributed by atoms with van der Waals surface area (Å²) in [5, 5.41) is 3.31. The number of amides is 1. The van der Waals surface area contributed by atoms with Gasteiger partial charge < -0.3 is 14.6 Å². The molecule has 5 nitrogen and oxygen atoms in total. The van der Waals surface area contributed by atoms with E-state index in [1.54, 1.807) is 7.11 Å². The monoisotopic (exact) mass is 527 g/mol. The molecular formula is C29H35F2N3O2S. The van der Waals surface area contributed by atoms with Crippen LogP contribution in [0.3, 0.4) is 0 Å². The van der Waals surface area contributed by atoms with Crippen LogP contribution in [0.25, 0.3) is 11.0 Å². The normalized spacial score (nSPS) is 19.1. The second-order valence-electron chi connectivity index (χ2n) is 10.3. The maximum Gasteiger partial charge on any atom is 0.243 e. The highest BCUT2D eigenvalue weighted by Crippen LogP contribution is 2.37. The molecule has 2 heterocycles. The molecule has 37 heavy (non-hydrogen) atoms. The lowest BCUT2D eigenvalue weighted by molar-refractivity contribution is -0.125. The van der Waals surface area contributed by atoms with Crippen molar-refractivity contribution in [2.45, 2.75) is 69.6 Å². The third kappa shape index (κ3) is 5.85. The molecule has 0 radical (unpaired) electrons. The van der Waals surface area contributed by atoms with Gasteiger partial charge in [0.15, 0.2) is 11.6 Å². The van der Waals surface area contributed by atoms with E-state index in [0.717, 1.165) is 61.7 Å². The minimum atomic E-state index is -0.954. The van der Waals surface area contributed by atoms with E-state index in [2.05, 4.69) is 5.32 Å². The zero-order chi connectivity index (χ0) is 25.8. The van der Waals surface area contributed by atoms with Crippen molar-refractivity contribution in [2.24, 2.45) is 5.92 Å². The van der Waals surface area contributed by atoms with Crippen LogP contribution in [0.2, 0.25) is 0 Å². The lowest BCUT2D eigenvalue weighted by Gasteiger charge is -2.31. The van der Waals surface area contributed by atoms with Crippen LogP contribution < -0.4 is 5.32 Å². The van der Waals surface area contributed by atoms with Gasteiger partial charge in [0, 0.05) is 25.3 Å². The van der Waals surface area contributed by atoms with Gasteiger partial charge in [0.05, 0.1) is 11.0 Å². The molecule has 0 spiro atoms. The Morgan fingerprint density at radius 3 is 2.49 bits per heavy atom. The Labute approximate surface area is 221 Å². The Bertz CT molecular complexity index is 1210. The van der Waals surface area contributed by atoms with Crippen molar-refractivity contribution >= 4 is 28.7 Å². The van der Waals surface area contributed by atoms with Gasteiger partial charge in [0.1, 0.15) is 18.0 Å². The van der Waals surface area contributed by atoms with E-state index >= 15 is 0 Å². The standard InChI is InChI=1S/C29H35F2N3O2S/c1-36-27(20-8-4-2-5-9-20)28-33-24-17-22(30)23(31)18-25(24)34(28)26(16-19-12-14-37-15-13-19)29(35)32-21-10-6-3-7-11-21/h2,4-5,8-9,17-19,21,26-27H,3,6-7,10-16H2,1H3,(H,32,35)/t26?,27-/m0/s1. The predicted molar refractivity (Wildman–Crippen MR) is 144 cm³/mol. The number of rotatable bonds is 8. The van der Waals surface area contributed by atoms with E-state index in [-0.39, 0.29) is 11.9 Å². The summed E-state index contributed by atoms with van der Waals surface area (Å²) in [5.41, 5.74) is 1.60. The molecule has 1 N–H and O–H groups in total. The molecule has 0 bridgehead atoms. The van der Waals surface area contributed by atoms with Crippen molar-refractivity contribution < 1.29 is 18.3 Å². The number of carbonyl (C=O) groups is 1. The van der Waals surface area contributed by atoms with Gasteiger partial charge in [0.2, 0.25) is 5.91 Å². The molecule has 198 valence electrons. The maximum atomic E-state index is 14.6. The summed E-state index contributed by atoms with van der Waals surface area (Å²) in [6, 6.07) is 11.5. The van der Waals surface area contributed by atoms with Crippen molar-refractivity contribution in [1.82, 2.24) is 14.9 Å². The molecule has 1 saturated heterocycles. The molecule has 2 aromatic carbocycles. The third-order valence-electron chi connectivity index (χ3n) is 7.79. The Balaban J connectivity index is 1.62. The number of nitrogens with zero attached hydrogens (tertiary/aromatic N) is 2. The maximum absolute atomic E-state index is 14.6. The van der Waals surface area contributed by atoms with Crippen LogP contribution in [0.5, 0.6) is 0 Å². The molecular weight excluding hydrogens is 492 g/mol. The molecule has 2 atom stereocenters. The van der Waals surface area contributed by atoms with Gasteiger partial charge in [-0.15, -0.1) is 0 Å². The molecule has 1 aliphatic carbocycles. The molecule has 3 aromatic rings. The van der Waals surface area contributed by atoms with E-state index in [0.29, 0.717) is 29.2 Å². The highest BCUT2D eigenvalue weighted by molar-refractivity contribution is 7.99. The van der Waals surface area contributed by atoms with Crippen LogP contribution in [0.4, 0.5) is 8.78 Å². The summed E-state index contributed by atoms with van der Waals surface area (Å²) >= 11 is 1.94. The first-order valence-electron chi connectivity index (χ1n) is 13.4. The number of nitrogens with one attached hydrogen (secondary N) is 1. The highest BCUT2D eigenvalue weighted by Gasteiger charge is 2.34. The number of fused-ring (bicyclic) bond motifs is 1. The molecule has 1 unspecified atom stereocenters. The zero-order valence-corrected chi connectivity index (χ0v) is 22.1. The fourth-order valence-electron chi connectivity index (χ4n) is 5.81. The molecule has 2 fully saturated rings. The Hall–Kier alpha value is -2.45. The summed E-state index contributed by atoms with van der Waals surface area (Å²) in [4.78, 5) is 18.8. The fraction of sp³-hybridized carbons (Fsp3) is 0.517. The molecule has 1 amide bonds. The van der Waals surface area contributed by atoms with Crippen molar-refractivity contribution in [3.63, 3.8) is 0 Å². The lowest BCUT2D eigenvalue weighted by Crippen LogP contribution is -2.42. The van der Waals surface area contributed by atoms with Gasteiger partial charge in [-0.3, -0.25) is 4.79 Å². The van der Waals surface area contributed by atoms with E-state index in [1.165, 1.54) is 12.5 Å². The minimum Gasteiger partial charge on any atom is -0.369 e. The average Bonchev–Trinajstić information content (AvgIpc) is 3.27. The minimum absolute atomic E-state index is 0.0710. The number of benzene rings is 2. The number of thioether (sulfide) groups is 1. The number of ether oxygens (including phenoxy) is 1. The van der Waals surface area contributed by atoms with Crippen LogP contribution in [-0.2, 0) is 9.53 Å². The molecule has 5 rings (SSSR count). The number of methoxy groups -OCH3 is 1. The summed E-state index contributed by atoms with van der Waals surface area (Å²) < 4.78 is 36.6. The number of carbonyl (C=O) groups excluding carboxylic acids is 1. The van der Waals surface area contributed by atoms with Crippen molar-refractivity contribution in [1.29, 1.82) is 0 Å². The molecule has 8 heteroatoms. The zero-order valence-electron chi connectivity index (χ0n) is 21.3. The first-order valence-corrected chi connectivity index (χ1v) is 14.5. The van der Waals surface area contributed by atoms with Crippen molar-refractivity contribution in [3.8, 4) is 0 Å². The summed E-state index contributed by atoms with van der Waals surface area (Å²) in [6.45, 7) is 0. The van der Waals surface area contributed by atoms with Crippen LogP contribution in [0.15, 0.2) is 42.5 Å². The molecule has 1 saturated carbocycles. The Kier molecular flexibility index (Phi) is 8.45. The van der Waals surface area contributed by atoms with Gasteiger partial charge in [-0.2, -0.15) is 11.8 Å². The average molecular weight is 528 g/mol. The molecule has 1 aromatic heterocycles. The van der Waals surface area contributed by atoms with Gasteiger partial charge in [-0.05, 0) is 55.1 Å². The first-order chi connectivity index (χ1) is 18.0. The molecule has 1 aliphatic heterocycles. The highest BCUT2D eigenvalue weighted by atomic mass is 32.2. The second kappa shape index (κ2) is 11.9. The van der Waals surface area contributed by atoms with Crippen molar-refractivity contribution in [3.05, 3.63) is 65.5 Å². The SMILES string of the molecule is CO[C@@H](c1ccccc1)c1nc2cc(F)c(F)cc2n1C(CC1CCSCC1)C(=O)NC1CCCCC1. The predicted octanol–water partition coefficient (Wildman–Crippen LogP) is 6.57.